The Labute approximate surface area is 202 Å². The number of nitrogens with zero attached hydrogens (tertiary/aromatic N) is 1. The summed E-state index contributed by atoms with van der Waals surface area (Å²) in [6.07, 6.45) is -5.14. The Morgan fingerprint density at radius 3 is 2.29 bits per heavy atom. The van der Waals surface area contributed by atoms with Crippen molar-refractivity contribution >= 4 is 8.32 Å². The normalized spacial score (nSPS) is 20.4. The zero-order valence-electron chi connectivity index (χ0n) is 20.6. The van der Waals surface area contributed by atoms with Gasteiger partial charge < -0.3 is 20.0 Å². The van der Waals surface area contributed by atoms with Crippen molar-refractivity contribution in [1.82, 2.24) is 4.98 Å². The molecule has 1 aromatic heterocycles. The molecule has 0 saturated carbocycles. The molecule has 0 bridgehead atoms. The maximum Gasteiger partial charge on any atom is 0.424 e. The first kappa shape index (κ1) is 27.5. The van der Waals surface area contributed by atoms with Gasteiger partial charge >= 0.3 is 6.18 Å². The molecule has 194 valence electrons. The van der Waals surface area contributed by atoms with Crippen molar-refractivity contribution in [3.63, 3.8) is 0 Å². The largest absolute Gasteiger partial charge is 0.490 e. The molecule has 0 fully saturated rings. The Morgan fingerprint density at radius 1 is 1.14 bits per heavy atom. The Kier molecular flexibility index (Phi) is 6.91. The van der Waals surface area contributed by atoms with Crippen LogP contribution in [0.1, 0.15) is 39.0 Å². The number of pyridine rings is 1. The van der Waals surface area contributed by atoms with Crippen LogP contribution in [0.2, 0.25) is 18.1 Å². The van der Waals surface area contributed by atoms with Crippen LogP contribution in [0, 0.1) is 11.6 Å². The van der Waals surface area contributed by atoms with Gasteiger partial charge in [0.15, 0.2) is 20.0 Å². The smallest absolute Gasteiger partial charge is 0.424 e. The number of fused-ring (bicyclic) bond motifs is 1. The number of ether oxygens (including phenoxy) is 1. The summed E-state index contributed by atoms with van der Waals surface area (Å²) in [4.78, 5) is 4.01. The van der Waals surface area contributed by atoms with E-state index in [1.807, 2.05) is 0 Å². The predicted octanol–water partition coefficient (Wildman–Crippen LogP) is 5.41. The first-order valence-electron chi connectivity index (χ1n) is 11.1. The fraction of sp³-hybridized carbons (Fsp3) is 0.542. The Hall–Kier alpha value is -2.08. The lowest BCUT2D eigenvalue weighted by atomic mass is 9.83. The second kappa shape index (κ2) is 8.79. The zero-order chi connectivity index (χ0) is 26.6. The number of rotatable bonds is 6. The predicted molar refractivity (Wildman–Crippen MR) is 125 cm³/mol. The van der Waals surface area contributed by atoms with Crippen LogP contribution in [0.25, 0.3) is 11.3 Å². The van der Waals surface area contributed by atoms with E-state index in [0.717, 1.165) is 18.2 Å². The summed E-state index contributed by atoms with van der Waals surface area (Å²) >= 11 is 0. The van der Waals surface area contributed by atoms with Gasteiger partial charge in [-0.25, -0.2) is 13.8 Å². The van der Waals surface area contributed by atoms with E-state index in [1.165, 1.54) is 6.07 Å². The number of benzene rings is 1. The second-order valence-corrected chi connectivity index (χ2v) is 15.6. The van der Waals surface area contributed by atoms with Crippen molar-refractivity contribution in [2.45, 2.75) is 63.0 Å². The first-order valence-corrected chi connectivity index (χ1v) is 14.0. The third-order valence-electron chi connectivity index (χ3n) is 7.10. The van der Waals surface area contributed by atoms with Crippen LogP contribution in [0.15, 0.2) is 24.3 Å². The number of aromatic nitrogens is 1. The summed E-state index contributed by atoms with van der Waals surface area (Å²) in [5, 5.41) is 10.4. The van der Waals surface area contributed by atoms with Gasteiger partial charge in [0.25, 0.3) is 0 Å². The van der Waals surface area contributed by atoms with Crippen molar-refractivity contribution in [2.75, 3.05) is 19.8 Å². The summed E-state index contributed by atoms with van der Waals surface area (Å²) in [6, 6.07) is 3.98. The van der Waals surface area contributed by atoms with Gasteiger partial charge in [-0.2, -0.15) is 13.2 Å². The standard InChI is InChI=1S/C24H31F5N2O3Si/c1-21(2,3)35(5,6)34-13-22(4)12-33-20-15(22)10-18(23(32,11-30)24(27,28)29)31-19(20)14-7-8-16(25)17(26)9-14/h7-10,32H,11-13,30H2,1-6H3/t22-,23?/m1/s1. The van der Waals surface area contributed by atoms with Crippen molar-refractivity contribution in [3.05, 3.63) is 47.2 Å². The number of hydrogen-bond acceptors (Lipinski definition) is 5. The molecule has 0 amide bonds. The molecule has 1 unspecified atom stereocenters. The molecule has 1 aliphatic heterocycles. The van der Waals surface area contributed by atoms with E-state index in [1.54, 1.807) is 6.92 Å². The molecule has 2 heterocycles. The van der Waals surface area contributed by atoms with Crippen LogP contribution >= 0.6 is 0 Å². The maximum atomic E-state index is 14.0. The van der Waals surface area contributed by atoms with Crippen LogP contribution < -0.4 is 10.5 Å². The van der Waals surface area contributed by atoms with Crippen molar-refractivity contribution < 1.29 is 36.2 Å². The van der Waals surface area contributed by atoms with Gasteiger partial charge in [0, 0.05) is 24.3 Å². The molecule has 3 N–H and O–H groups in total. The van der Waals surface area contributed by atoms with Crippen LogP contribution in [0.5, 0.6) is 5.75 Å². The van der Waals surface area contributed by atoms with E-state index in [2.05, 4.69) is 38.8 Å². The number of aliphatic hydroxyl groups is 1. The molecule has 3 rings (SSSR count). The van der Waals surface area contributed by atoms with E-state index in [4.69, 9.17) is 14.9 Å². The minimum Gasteiger partial charge on any atom is -0.490 e. The molecule has 1 aliphatic rings. The number of nitrogens with two attached hydrogens (primary N) is 1. The van der Waals surface area contributed by atoms with Gasteiger partial charge in [0.05, 0.1) is 11.1 Å². The third kappa shape index (κ3) is 4.83. The fourth-order valence-electron chi connectivity index (χ4n) is 3.53. The van der Waals surface area contributed by atoms with Crippen LogP contribution in [-0.4, -0.2) is 44.3 Å². The molecule has 2 atom stereocenters. The molecule has 35 heavy (non-hydrogen) atoms. The average molecular weight is 519 g/mol. The number of alkyl halides is 3. The SMILES string of the molecule is CC(C)(C)[Si](C)(C)OC[C@@]1(C)COc2c1cc(C(O)(CN)C(F)(F)F)nc2-c1ccc(F)c(F)c1. The molecular formula is C24H31F5N2O3Si. The van der Waals surface area contributed by atoms with Gasteiger partial charge in [-0.05, 0) is 49.3 Å². The van der Waals surface area contributed by atoms with Crippen LogP contribution in [-0.2, 0) is 15.4 Å². The van der Waals surface area contributed by atoms with Gasteiger partial charge in [0.2, 0.25) is 5.60 Å². The van der Waals surface area contributed by atoms with Crippen molar-refractivity contribution in [2.24, 2.45) is 5.73 Å². The molecule has 0 aliphatic carbocycles. The average Bonchev–Trinajstić information content (AvgIpc) is 3.08. The highest BCUT2D eigenvalue weighted by atomic mass is 28.4. The van der Waals surface area contributed by atoms with Gasteiger partial charge in [0.1, 0.15) is 18.1 Å². The fourth-order valence-corrected chi connectivity index (χ4v) is 4.64. The maximum absolute atomic E-state index is 14.0. The molecule has 1 aromatic carbocycles. The molecule has 11 heteroatoms. The first-order chi connectivity index (χ1) is 15.9. The van der Waals surface area contributed by atoms with Gasteiger partial charge in [-0.3, -0.25) is 0 Å². The van der Waals surface area contributed by atoms with E-state index in [0.29, 0.717) is 5.56 Å². The van der Waals surface area contributed by atoms with E-state index < -0.39 is 49.4 Å². The highest BCUT2D eigenvalue weighted by Gasteiger charge is 2.56. The summed E-state index contributed by atoms with van der Waals surface area (Å²) in [7, 11) is -2.23. The Balaban J connectivity index is 2.21. The van der Waals surface area contributed by atoms with Gasteiger partial charge in [-0.1, -0.05) is 20.8 Å². The van der Waals surface area contributed by atoms with Crippen LogP contribution in [0.4, 0.5) is 22.0 Å². The monoisotopic (exact) mass is 518 g/mol. The lowest BCUT2D eigenvalue weighted by molar-refractivity contribution is -0.263. The summed E-state index contributed by atoms with van der Waals surface area (Å²) in [6.45, 7) is 11.1. The molecule has 0 spiro atoms. The summed E-state index contributed by atoms with van der Waals surface area (Å²) < 4.78 is 81.5. The molecule has 2 aromatic rings. The molecular weight excluding hydrogens is 487 g/mol. The number of halogens is 5. The number of hydrogen-bond donors (Lipinski definition) is 2. The summed E-state index contributed by atoms with van der Waals surface area (Å²) in [5.74, 6) is -2.19. The Bertz CT molecular complexity index is 1120. The van der Waals surface area contributed by atoms with E-state index >= 15 is 0 Å². The topological polar surface area (TPSA) is 77.6 Å². The van der Waals surface area contributed by atoms with Crippen LogP contribution in [0.3, 0.4) is 0 Å². The van der Waals surface area contributed by atoms with E-state index in [-0.39, 0.29) is 35.3 Å². The second-order valence-electron chi connectivity index (χ2n) is 10.8. The zero-order valence-corrected chi connectivity index (χ0v) is 21.6. The molecule has 0 radical (unpaired) electrons. The highest BCUT2D eigenvalue weighted by Crippen LogP contribution is 2.48. The van der Waals surface area contributed by atoms with Crippen molar-refractivity contribution in [1.29, 1.82) is 0 Å². The van der Waals surface area contributed by atoms with Crippen molar-refractivity contribution in [3.8, 4) is 17.0 Å². The van der Waals surface area contributed by atoms with Gasteiger partial charge in [-0.15, -0.1) is 0 Å². The third-order valence-corrected chi connectivity index (χ3v) is 11.6. The molecule has 0 saturated heterocycles. The Morgan fingerprint density at radius 2 is 1.77 bits per heavy atom. The lowest BCUT2D eigenvalue weighted by Crippen LogP contribution is -2.49. The minimum atomic E-state index is -5.14. The lowest BCUT2D eigenvalue weighted by Gasteiger charge is -2.38. The minimum absolute atomic E-state index is 0.00175. The van der Waals surface area contributed by atoms with E-state index in [9.17, 15) is 27.1 Å². The molecule has 5 nitrogen and oxygen atoms in total. The quantitative estimate of drug-likeness (QED) is 0.395. The summed E-state index contributed by atoms with van der Waals surface area (Å²) in [5.41, 5.74) is 0.424. The highest BCUT2D eigenvalue weighted by molar-refractivity contribution is 6.74.